The smallest absolute Gasteiger partial charge is 0.266 e. The van der Waals surface area contributed by atoms with Crippen LogP contribution in [0.3, 0.4) is 0 Å². The Kier molecular flexibility index (Phi) is 4.77. The van der Waals surface area contributed by atoms with E-state index in [1.165, 1.54) is 11.3 Å². The van der Waals surface area contributed by atoms with Crippen molar-refractivity contribution >= 4 is 33.8 Å². The summed E-state index contributed by atoms with van der Waals surface area (Å²) in [4.78, 5) is 25.4. The molecule has 1 aliphatic carbocycles. The first kappa shape index (κ1) is 18.4. The van der Waals surface area contributed by atoms with Gasteiger partial charge in [-0.3, -0.25) is 9.59 Å². The highest BCUT2D eigenvalue weighted by Gasteiger charge is 2.30. The average molecular weight is 395 g/mol. The number of aryl methyl sites for hydroxylation is 2. The number of para-hydroxylation sites is 1. The molecule has 2 heterocycles. The van der Waals surface area contributed by atoms with Crippen molar-refractivity contribution in [2.24, 2.45) is 5.92 Å². The molecule has 0 aliphatic heterocycles. The van der Waals surface area contributed by atoms with Gasteiger partial charge in [0.2, 0.25) is 5.91 Å². The van der Waals surface area contributed by atoms with E-state index in [-0.39, 0.29) is 17.7 Å². The molecule has 0 unspecified atom stereocenters. The van der Waals surface area contributed by atoms with Gasteiger partial charge in [-0.2, -0.15) is 5.10 Å². The molecule has 0 radical (unpaired) electrons. The fourth-order valence-corrected chi connectivity index (χ4v) is 4.12. The number of aromatic nitrogens is 2. The van der Waals surface area contributed by atoms with Gasteiger partial charge in [-0.15, -0.1) is 11.3 Å². The van der Waals surface area contributed by atoms with Crippen LogP contribution < -0.4 is 10.6 Å². The van der Waals surface area contributed by atoms with Crippen molar-refractivity contribution in [3.63, 3.8) is 0 Å². The molecule has 1 saturated carbocycles. The molecular weight excluding hydrogens is 372 g/mol. The second-order valence-electron chi connectivity index (χ2n) is 7.13. The van der Waals surface area contributed by atoms with Crippen molar-refractivity contribution in [2.45, 2.75) is 33.6 Å². The highest BCUT2D eigenvalue weighted by Crippen LogP contribution is 2.33. The van der Waals surface area contributed by atoms with E-state index in [1.54, 1.807) is 0 Å². The molecule has 2 N–H and O–H groups in total. The lowest BCUT2D eigenvalue weighted by Gasteiger charge is -2.07. The van der Waals surface area contributed by atoms with Gasteiger partial charge in [-0.1, -0.05) is 18.2 Å². The average Bonchev–Trinajstić information content (AvgIpc) is 3.42. The number of rotatable bonds is 5. The topological polar surface area (TPSA) is 76.0 Å². The van der Waals surface area contributed by atoms with E-state index in [4.69, 9.17) is 0 Å². The minimum Gasteiger partial charge on any atom is -0.318 e. The molecule has 144 valence electrons. The van der Waals surface area contributed by atoms with Gasteiger partial charge in [-0.05, 0) is 57.4 Å². The normalized spacial score (nSPS) is 13.4. The van der Waals surface area contributed by atoms with Crippen molar-refractivity contribution in [2.75, 3.05) is 10.6 Å². The summed E-state index contributed by atoms with van der Waals surface area (Å²) in [7, 11) is 0. The zero-order chi connectivity index (χ0) is 19.8. The Hall–Kier alpha value is -2.93. The lowest BCUT2D eigenvalue weighted by atomic mass is 10.2. The molecule has 1 aliphatic rings. The van der Waals surface area contributed by atoms with E-state index in [1.807, 2.05) is 61.9 Å². The molecule has 1 fully saturated rings. The fourth-order valence-electron chi connectivity index (χ4n) is 3.15. The molecule has 0 saturated heterocycles. The Morgan fingerprint density at radius 3 is 2.50 bits per heavy atom. The monoisotopic (exact) mass is 394 g/mol. The summed E-state index contributed by atoms with van der Waals surface area (Å²) in [6.45, 7) is 5.70. The van der Waals surface area contributed by atoms with Crippen LogP contribution in [0.15, 0.2) is 36.4 Å². The molecule has 7 heteroatoms. The highest BCUT2D eigenvalue weighted by atomic mass is 32.1. The number of nitrogens with zero attached hydrogens (tertiary/aromatic N) is 2. The number of amides is 2. The van der Waals surface area contributed by atoms with Crippen LogP contribution in [0.1, 0.15) is 39.5 Å². The third-order valence-corrected chi connectivity index (χ3v) is 6.00. The van der Waals surface area contributed by atoms with Gasteiger partial charge in [0, 0.05) is 5.92 Å². The van der Waals surface area contributed by atoms with Crippen LogP contribution in [0.25, 0.3) is 5.69 Å². The highest BCUT2D eigenvalue weighted by molar-refractivity contribution is 7.18. The van der Waals surface area contributed by atoms with Crippen molar-refractivity contribution in [3.8, 4) is 5.69 Å². The molecule has 0 atom stereocenters. The summed E-state index contributed by atoms with van der Waals surface area (Å²) >= 11 is 1.30. The molecule has 28 heavy (non-hydrogen) atoms. The zero-order valence-electron chi connectivity index (χ0n) is 16.1. The van der Waals surface area contributed by atoms with Crippen LogP contribution in [0.2, 0.25) is 0 Å². The van der Waals surface area contributed by atoms with Gasteiger partial charge in [-0.25, -0.2) is 4.68 Å². The van der Waals surface area contributed by atoms with E-state index in [9.17, 15) is 9.59 Å². The molecule has 0 bridgehead atoms. The second kappa shape index (κ2) is 7.24. The largest absolute Gasteiger partial charge is 0.318 e. The third kappa shape index (κ3) is 3.57. The number of thiophene rings is 1. The maximum atomic E-state index is 12.9. The Balaban J connectivity index is 1.55. The molecule has 1 aromatic carbocycles. The SMILES string of the molecule is Cc1cc(NC(=O)C2CC2)sc1C(=O)Nc1c(C)nn(-c2ccccc2)c1C. The van der Waals surface area contributed by atoms with Crippen molar-refractivity contribution < 1.29 is 9.59 Å². The van der Waals surface area contributed by atoms with Gasteiger partial charge in [0.05, 0.1) is 32.6 Å². The van der Waals surface area contributed by atoms with Gasteiger partial charge >= 0.3 is 0 Å². The van der Waals surface area contributed by atoms with Gasteiger partial charge in [0.25, 0.3) is 5.91 Å². The fraction of sp³-hybridized carbons (Fsp3) is 0.286. The maximum absolute atomic E-state index is 12.9. The molecule has 6 nitrogen and oxygen atoms in total. The molecule has 4 rings (SSSR count). The quantitative estimate of drug-likeness (QED) is 0.671. The van der Waals surface area contributed by atoms with Gasteiger partial charge < -0.3 is 10.6 Å². The summed E-state index contributed by atoms with van der Waals surface area (Å²) in [6.07, 6.45) is 1.90. The van der Waals surface area contributed by atoms with E-state index < -0.39 is 0 Å². The van der Waals surface area contributed by atoms with Crippen LogP contribution in [-0.2, 0) is 4.79 Å². The summed E-state index contributed by atoms with van der Waals surface area (Å²) in [5.41, 5.74) is 4.13. The van der Waals surface area contributed by atoms with Gasteiger partial charge in [0.15, 0.2) is 0 Å². The number of hydrogen-bond acceptors (Lipinski definition) is 4. The zero-order valence-corrected chi connectivity index (χ0v) is 16.9. The minimum absolute atomic E-state index is 0.0454. The second-order valence-corrected chi connectivity index (χ2v) is 8.19. The molecule has 3 aromatic rings. The van der Waals surface area contributed by atoms with E-state index in [0.717, 1.165) is 35.5 Å². The van der Waals surface area contributed by atoms with E-state index in [0.29, 0.717) is 15.6 Å². The van der Waals surface area contributed by atoms with Crippen molar-refractivity contribution in [3.05, 3.63) is 58.2 Å². The van der Waals surface area contributed by atoms with E-state index >= 15 is 0 Å². The summed E-state index contributed by atoms with van der Waals surface area (Å²) in [5, 5.41) is 11.2. The van der Waals surface area contributed by atoms with Crippen LogP contribution in [0, 0.1) is 26.7 Å². The lowest BCUT2D eigenvalue weighted by Crippen LogP contribution is -2.13. The molecular formula is C21H22N4O2S. The van der Waals surface area contributed by atoms with Crippen LogP contribution >= 0.6 is 11.3 Å². The lowest BCUT2D eigenvalue weighted by molar-refractivity contribution is -0.117. The molecule has 2 amide bonds. The Morgan fingerprint density at radius 2 is 1.82 bits per heavy atom. The number of anilines is 2. The Morgan fingerprint density at radius 1 is 1.11 bits per heavy atom. The van der Waals surface area contributed by atoms with Crippen LogP contribution in [0.4, 0.5) is 10.7 Å². The van der Waals surface area contributed by atoms with Crippen LogP contribution in [0.5, 0.6) is 0 Å². The Labute approximate surface area is 167 Å². The summed E-state index contributed by atoms with van der Waals surface area (Å²) < 4.78 is 1.83. The number of carbonyl (C=O) groups excluding carboxylic acids is 2. The number of hydrogen-bond donors (Lipinski definition) is 2. The number of carbonyl (C=O) groups is 2. The first-order valence-electron chi connectivity index (χ1n) is 9.28. The predicted octanol–water partition coefficient (Wildman–Crippen LogP) is 4.46. The summed E-state index contributed by atoms with van der Waals surface area (Å²) in [5.74, 6) is -0.00826. The molecule has 0 spiro atoms. The number of nitrogens with one attached hydrogen (secondary N) is 2. The predicted molar refractivity (Wildman–Crippen MR) is 111 cm³/mol. The first-order chi connectivity index (χ1) is 13.4. The molecule has 2 aromatic heterocycles. The standard InChI is InChI=1S/C21H22N4O2S/c1-12-11-17(22-20(26)15-9-10-15)28-19(12)21(27)23-18-13(2)24-25(14(18)3)16-7-5-4-6-8-16/h4-8,11,15H,9-10H2,1-3H3,(H,22,26)(H,23,27). The summed E-state index contributed by atoms with van der Waals surface area (Å²) in [6, 6.07) is 11.7. The first-order valence-corrected chi connectivity index (χ1v) is 10.1. The third-order valence-electron chi connectivity index (χ3n) is 4.85. The number of benzene rings is 1. The van der Waals surface area contributed by atoms with Crippen LogP contribution in [-0.4, -0.2) is 21.6 Å². The van der Waals surface area contributed by atoms with E-state index in [2.05, 4.69) is 15.7 Å². The Bertz CT molecular complexity index is 1050. The minimum atomic E-state index is -0.187. The van der Waals surface area contributed by atoms with Gasteiger partial charge in [0.1, 0.15) is 0 Å². The van der Waals surface area contributed by atoms with Crippen molar-refractivity contribution in [1.82, 2.24) is 9.78 Å². The van der Waals surface area contributed by atoms with Crippen molar-refractivity contribution in [1.29, 1.82) is 0 Å². The maximum Gasteiger partial charge on any atom is 0.266 e.